The van der Waals surface area contributed by atoms with Gasteiger partial charge in [0.1, 0.15) is 17.3 Å². The molecule has 0 bridgehead atoms. The largest absolute Gasteiger partial charge is 0.361 e. The van der Waals surface area contributed by atoms with Gasteiger partial charge in [-0.05, 0) is 25.1 Å². The van der Waals surface area contributed by atoms with Crippen LogP contribution in [-0.2, 0) is 6.54 Å². The molecule has 0 unspecified atom stereocenters. The zero-order valence-electron chi connectivity index (χ0n) is 11.4. The van der Waals surface area contributed by atoms with Crippen LogP contribution in [0, 0.1) is 24.6 Å². The van der Waals surface area contributed by atoms with Gasteiger partial charge in [0.2, 0.25) is 0 Å². The topological polar surface area (TPSA) is 81.2 Å². The SMILES string of the molecule is Cc1cc(CNC(=O)c2cc(F)ccc2C#CCN)no1. The van der Waals surface area contributed by atoms with E-state index in [9.17, 15) is 9.18 Å². The van der Waals surface area contributed by atoms with Crippen LogP contribution in [0.5, 0.6) is 0 Å². The zero-order valence-corrected chi connectivity index (χ0v) is 11.4. The number of carbonyl (C=O) groups is 1. The van der Waals surface area contributed by atoms with Crippen LogP contribution in [-0.4, -0.2) is 17.6 Å². The number of nitrogens with one attached hydrogen (secondary N) is 1. The molecule has 0 saturated heterocycles. The lowest BCUT2D eigenvalue weighted by molar-refractivity contribution is 0.0949. The highest BCUT2D eigenvalue weighted by molar-refractivity contribution is 5.96. The average Bonchev–Trinajstić information content (AvgIpc) is 2.89. The average molecular weight is 287 g/mol. The van der Waals surface area contributed by atoms with Crippen LogP contribution in [0.2, 0.25) is 0 Å². The fourth-order valence-corrected chi connectivity index (χ4v) is 1.73. The Morgan fingerprint density at radius 2 is 2.29 bits per heavy atom. The van der Waals surface area contributed by atoms with E-state index < -0.39 is 11.7 Å². The van der Waals surface area contributed by atoms with Crippen LogP contribution in [0.3, 0.4) is 0 Å². The Hall–Kier alpha value is -2.65. The second-order valence-electron chi connectivity index (χ2n) is 4.31. The first-order chi connectivity index (χ1) is 10.1. The molecule has 1 heterocycles. The molecule has 0 radical (unpaired) electrons. The quantitative estimate of drug-likeness (QED) is 0.835. The Bertz CT molecular complexity index is 713. The summed E-state index contributed by atoms with van der Waals surface area (Å²) in [7, 11) is 0. The van der Waals surface area contributed by atoms with Gasteiger partial charge in [-0.25, -0.2) is 4.39 Å². The lowest BCUT2D eigenvalue weighted by atomic mass is 10.1. The van der Waals surface area contributed by atoms with E-state index in [4.69, 9.17) is 10.3 Å². The van der Waals surface area contributed by atoms with Crippen molar-refractivity contribution in [1.82, 2.24) is 10.5 Å². The monoisotopic (exact) mass is 287 g/mol. The van der Waals surface area contributed by atoms with Gasteiger partial charge in [-0.3, -0.25) is 4.79 Å². The Kier molecular flexibility index (Phi) is 4.69. The predicted octanol–water partition coefficient (Wildman–Crippen LogP) is 1.36. The van der Waals surface area contributed by atoms with Gasteiger partial charge in [0.05, 0.1) is 18.7 Å². The first kappa shape index (κ1) is 14.8. The van der Waals surface area contributed by atoms with Gasteiger partial charge >= 0.3 is 0 Å². The van der Waals surface area contributed by atoms with Gasteiger partial charge in [-0.15, -0.1) is 0 Å². The molecule has 21 heavy (non-hydrogen) atoms. The number of carbonyl (C=O) groups excluding carboxylic acids is 1. The number of nitrogens with zero attached hydrogens (tertiary/aromatic N) is 1. The third kappa shape index (κ3) is 3.91. The number of benzene rings is 1. The van der Waals surface area contributed by atoms with Crippen LogP contribution in [0.4, 0.5) is 4.39 Å². The van der Waals surface area contributed by atoms with Crippen molar-refractivity contribution in [2.75, 3.05) is 6.54 Å². The first-order valence-corrected chi connectivity index (χ1v) is 6.29. The highest BCUT2D eigenvalue weighted by Gasteiger charge is 2.12. The van der Waals surface area contributed by atoms with E-state index in [0.717, 1.165) is 6.07 Å². The summed E-state index contributed by atoms with van der Waals surface area (Å²) in [5.74, 6) is 5.11. The molecular formula is C15H14FN3O2. The molecule has 0 aliphatic rings. The number of amides is 1. The highest BCUT2D eigenvalue weighted by atomic mass is 19.1. The number of nitrogens with two attached hydrogens (primary N) is 1. The predicted molar refractivity (Wildman–Crippen MR) is 74.7 cm³/mol. The smallest absolute Gasteiger partial charge is 0.252 e. The molecule has 0 atom stereocenters. The lowest BCUT2D eigenvalue weighted by Gasteiger charge is -2.05. The molecule has 2 rings (SSSR count). The van der Waals surface area contributed by atoms with Gasteiger partial charge in [0.15, 0.2) is 0 Å². The fourth-order valence-electron chi connectivity index (χ4n) is 1.73. The number of halogens is 1. The molecule has 3 N–H and O–H groups in total. The summed E-state index contributed by atoms with van der Waals surface area (Å²) < 4.78 is 18.2. The summed E-state index contributed by atoms with van der Waals surface area (Å²) in [4.78, 5) is 12.1. The summed E-state index contributed by atoms with van der Waals surface area (Å²) in [6.45, 7) is 2.11. The molecule has 0 aliphatic carbocycles. The summed E-state index contributed by atoms with van der Waals surface area (Å²) in [6.07, 6.45) is 0. The summed E-state index contributed by atoms with van der Waals surface area (Å²) in [6, 6.07) is 5.55. The minimum absolute atomic E-state index is 0.163. The second-order valence-corrected chi connectivity index (χ2v) is 4.31. The van der Waals surface area contributed by atoms with E-state index in [-0.39, 0.29) is 18.7 Å². The third-order valence-corrected chi connectivity index (χ3v) is 2.66. The van der Waals surface area contributed by atoms with Crippen LogP contribution >= 0.6 is 0 Å². The molecular weight excluding hydrogens is 273 g/mol. The number of aryl methyl sites for hydroxylation is 1. The van der Waals surface area contributed by atoms with Crippen molar-refractivity contribution in [3.8, 4) is 11.8 Å². The Morgan fingerprint density at radius 3 is 2.95 bits per heavy atom. The van der Waals surface area contributed by atoms with Crippen LogP contribution in [0.25, 0.3) is 0 Å². The Balaban J connectivity index is 2.15. The van der Waals surface area contributed by atoms with Gasteiger partial charge in [-0.1, -0.05) is 17.0 Å². The number of rotatable bonds is 3. The maximum Gasteiger partial charge on any atom is 0.252 e. The number of aromatic nitrogens is 1. The molecule has 108 valence electrons. The van der Waals surface area contributed by atoms with E-state index in [2.05, 4.69) is 22.3 Å². The normalized spacial score (nSPS) is 9.86. The first-order valence-electron chi connectivity index (χ1n) is 6.29. The molecule has 1 aromatic heterocycles. The summed E-state index contributed by atoms with van der Waals surface area (Å²) in [5.41, 5.74) is 6.48. The number of hydrogen-bond donors (Lipinski definition) is 2. The lowest BCUT2D eigenvalue weighted by Crippen LogP contribution is -2.24. The fraction of sp³-hybridized carbons (Fsp3) is 0.200. The van der Waals surface area contributed by atoms with E-state index in [1.807, 2.05) is 0 Å². The zero-order chi connectivity index (χ0) is 15.2. The van der Waals surface area contributed by atoms with Crippen molar-refractivity contribution >= 4 is 5.91 Å². The third-order valence-electron chi connectivity index (χ3n) is 2.66. The van der Waals surface area contributed by atoms with Crippen LogP contribution < -0.4 is 11.1 Å². The van der Waals surface area contributed by atoms with Crippen molar-refractivity contribution in [2.24, 2.45) is 5.73 Å². The molecule has 6 heteroatoms. The molecule has 5 nitrogen and oxygen atoms in total. The minimum Gasteiger partial charge on any atom is -0.361 e. The van der Waals surface area contributed by atoms with E-state index in [1.54, 1.807) is 13.0 Å². The maximum absolute atomic E-state index is 13.3. The molecule has 0 aliphatic heterocycles. The Labute approximate surface area is 121 Å². The van der Waals surface area contributed by atoms with Crippen molar-refractivity contribution in [2.45, 2.75) is 13.5 Å². The summed E-state index contributed by atoms with van der Waals surface area (Å²) in [5, 5.41) is 6.41. The van der Waals surface area contributed by atoms with E-state index in [0.29, 0.717) is 17.0 Å². The highest BCUT2D eigenvalue weighted by Crippen LogP contribution is 2.11. The molecule has 2 aromatic rings. The number of hydrogen-bond acceptors (Lipinski definition) is 4. The van der Waals surface area contributed by atoms with Crippen LogP contribution in [0.1, 0.15) is 27.4 Å². The van der Waals surface area contributed by atoms with Gasteiger partial charge < -0.3 is 15.6 Å². The van der Waals surface area contributed by atoms with Gasteiger partial charge in [-0.2, -0.15) is 0 Å². The van der Waals surface area contributed by atoms with Gasteiger partial charge in [0.25, 0.3) is 5.91 Å². The molecule has 1 amide bonds. The summed E-state index contributed by atoms with van der Waals surface area (Å²) >= 11 is 0. The molecule has 0 spiro atoms. The van der Waals surface area contributed by atoms with E-state index in [1.165, 1.54) is 12.1 Å². The van der Waals surface area contributed by atoms with Crippen LogP contribution in [0.15, 0.2) is 28.8 Å². The maximum atomic E-state index is 13.3. The van der Waals surface area contributed by atoms with Crippen molar-refractivity contribution in [1.29, 1.82) is 0 Å². The second kappa shape index (κ2) is 6.68. The molecule has 0 saturated carbocycles. The Morgan fingerprint density at radius 1 is 1.48 bits per heavy atom. The molecule has 0 fully saturated rings. The standard InChI is InChI=1S/C15H14FN3O2/c1-10-7-13(19-21-10)9-18-15(20)14-8-12(16)5-4-11(14)3-2-6-17/h4-5,7-8H,6,9,17H2,1H3,(H,18,20). The molecule has 1 aromatic carbocycles. The van der Waals surface area contributed by atoms with Gasteiger partial charge in [0, 0.05) is 11.6 Å². The minimum atomic E-state index is -0.504. The van der Waals surface area contributed by atoms with Crippen molar-refractivity contribution < 1.29 is 13.7 Å². The van der Waals surface area contributed by atoms with E-state index >= 15 is 0 Å². The van der Waals surface area contributed by atoms with Crippen molar-refractivity contribution in [3.63, 3.8) is 0 Å². The van der Waals surface area contributed by atoms with Crippen molar-refractivity contribution in [3.05, 3.63) is 52.7 Å².